The van der Waals surface area contributed by atoms with Crippen LogP contribution in [0.1, 0.15) is 16.7 Å². The maximum Gasteiger partial charge on any atom is 0.295 e. The molecular weight excluding hydrogens is 290 g/mol. The Bertz CT molecular complexity index is 794. The molecule has 0 atom stereocenters. The first-order valence-corrected chi connectivity index (χ1v) is 7.34. The predicted octanol–water partition coefficient (Wildman–Crippen LogP) is 3.97. The van der Waals surface area contributed by atoms with Gasteiger partial charge in [0.15, 0.2) is 5.58 Å². The van der Waals surface area contributed by atoms with Crippen molar-refractivity contribution in [3.05, 3.63) is 50.2 Å². The second-order valence-corrected chi connectivity index (χ2v) is 5.76. The standard InChI is InChI=1S/C14H13N3O3S/c1-2-10-4-5-11(21-10)8-15-14-16-12-6-3-9(17(18)19)7-13(12)20-14/h3-7H,2,8H2,1H3,(H,15,16). The highest BCUT2D eigenvalue weighted by Gasteiger charge is 2.11. The molecule has 2 heterocycles. The summed E-state index contributed by atoms with van der Waals surface area (Å²) in [5.41, 5.74) is 1.01. The van der Waals surface area contributed by atoms with Crippen molar-refractivity contribution in [2.24, 2.45) is 0 Å². The summed E-state index contributed by atoms with van der Waals surface area (Å²) in [5, 5.41) is 13.8. The molecule has 0 aliphatic heterocycles. The summed E-state index contributed by atoms with van der Waals surface area (Å²) in [6, 6.07) is 8.94. The zero-order valence-corrected chi connectivity index (χ0v) is 12.1. The van der Waals surface area contributed by atoms with Crippen LogP contribution in [0, 0.1) is 10.1 Å². The molecule has 0 saturated carbocycles. The number of nitro benzene ring substituents is 1. The number of nitrogens with zero attached hydrogens (tertiary/aromatic N) is 2. The minimum atomic E-state index is -0.451. The van der Waals surface area contributed by atoms with Gasteiger partial charge in [-0.1, -0.05) is 6.92 Å². The third kappa shape index (κ3) is 2.87. The largest absolute Gasteiger partial charge is 0.423 e. The SMILES string of the molecule is CCc1ccc(CNc2nc3ccc([N+](=O)[O-])cc3o2)s1. The van der Waals surface area contributed by atoms with Gasteiger partial charge in [-0.25, -0.2) is 0 Å². The number of non-ortho nitro benzene ring substituents is 1. The van der Waals surface area contributed by atoms with Gasteiger partial charge in [0.2, 0.25) is 0 Å². The molecule has 3 aromatic rings. The zero-order chi connectivity index (χ0) is 14.8. The number of nitrogens with one attached hydrogen (secondary N) is 1. The molecule has 3 rings (SSSR count). The number of oxazole rings is 1. The van der Waals surface area contributed by atoms with E-state index in [4.69, 9.17) is 4.42 Å². The smallest absolute Gasteiger partial charge is 0.295 e. The molecular formula is C14H13N3O3S. The van der Waals surface area contributed by atoms with E-state index >= 15 is 0 Å². The molecule has 1 aromatic carbocycles. The van der Waals surface area contributed by atoms with Crippen molar-refractivity contribution in [3.8, 4) is 0 Å². The lowest BCUT2D eigenvalue weighted by Crippen LogP contribution is -1.96. The molecule has 1 N–H and O–H groups in total. The van der Waals surface area contributed by atoms with Crippen LogP contribution in [-0.2, 0) is 13.0 Å². The normalized spacial score (nSPS) is 10.9. The summed E-state index contributed by atoms with van der Waals surface area (Å²) in [7, 11) is 0. The fourth-order valence-corrected chi connectivity index (χ4v) is 2.87. The number of thiophene rings is 1. The third-order valence-electron chi connectivity index (χ3n) is 3.06. The van der Waals surface area contributed by atoms with Crippen LogP contribution in [0.2, 0.25) is 0 Å². The first-order valence-electron chi connectivity index (χ1n) is 6.52. The molecule has 0 aliphatic carbocycles. The van der Waals surface area contributed by atoms with Gasteiger partial charge in [-0.2, -0.15) is 4.98 Å². The summed E-state index contributed by atoms with van der Waals surface area (Å²) in [4.78, 5) is 17.1. The average molecular weight is 303 g/mol. The molecule has 0 unspecified atom stereocenters. The van der Waals surface area contributed by atoms with Gasteiger partial charge in [0.1, 0.15) is 5.52 Å². The molecule has 0 fully saturated rings. The first-order chi connectivity index (χ1) is 10.2. The van der Waals surface area contributed by atoms with E-state index < -0.39 is 4.92 Å². The molecule has 0 amide bonds. The monoisotopic (exact) mass is 303 g/mol. The Labute approximate surface area is 124 Å². The molecule has 2 aromatic heterocycles. The first kappa shape index (κ1) is 13.6. The second-order valence-electron chi connectivity index (χ2n) is 4.50. The van der Waals surface area contributed by atoms with Crippen molar-refractivity contribution in [1.29, 1.82) is 0 Å². The van der Waals surface area contributed by atoms with Gasteiger partial charge in [-0.15, -0.1) is 11.3 Å². The van der Waals surface area contributed by atoms with Gasteiger partial charge in [-0.3, -0.25) is 10.1 Å². The Kier molecular flexibility index (Phi) is 3.57. The number of benzene rings is 1. The number of rotatable bonds is 5. The highest BCUT2D eigenvalue weighted by Crippen LogP contribution is 2.24. The number of hydrogen-bond donors (Lipinski definition) is 1. The van der Waals surface area contributed by atoms with Crippen molar-refractivity contribution in [2.45, 2.75) is 19.9 Å². The highest BCUT2D eigenvalue weighted by molar-refractivity contribution is 7.12. The fourth-order valence-electron chi connectivity index (χ4n) is 1.97. The molecule has 0 bridgehead atoms. The Morgan fingerprint density at radius 1 is 1.33 bits per heavy atom. The number of anilines is 1. The second kappa shape index (κ2) is 5.53. The van der Waals surface area contributed by atoms with Gasteiger partial charge < -0.3 is 9.73 Å². The van der Waals surface area contributed by atoms with Gasteiger partial charge in [0.25, 0.3) is 11.7 Å². The minimum Gasteiger partial charge on any atom is -0.423 e. The van der Waals surface area contributed by atoms with Crippen molar-refractivity contribution in [3.63, 3.8) is 0 Å². The summed E-state index contributed by atoms with van der Waals surface area (Å²) >= 11 is 1.74. The van der Waals surface area contributed by atoms with E-state index in [1.807, 2.05) is 0 Å². The van der Waals surface area contributed by atoms with Gasteiger partial charge in [0.05, 0.1) is 17.5 Å². The molecule has 0 saturated heterocycles. The molecule has 0 radical (unpaired) electrons. The molecule has 108 valence electrons. The lowest BCUT2D eigenvalue weighted by molar-refractivity contribution is -0.384. The number of aryl methyl sites for hydroxylation is 1. The Hall–Kier alpha value is -2.41. The van der Waals surface area contributed by atoms with E-state index in [-0.39, 0.29) is 5.69 Å². The summed E-state index contributed by atoms with van der Waals surface area (Å²) in [6.45, 7) is 2.75. The van der Waals surface area contributed by atoms with E-state index in [0.29, 0.717) is 23.7 Å². The van der Waals surface area contributed by atoms with Crippen LogP contribution in [0.4, 0.5) is 11.7 Å². The maximum atomic E-state index is 10.7. The van der Waals surface area contributed by atoms with Crippen molar-refractivity contribution in [1.82, 2.24) is 4.98 Å². The van der Waals surface area contributed by atoms with Crippen molar-refractivity contribution >= 4 is 34.1 Å². The van der Waals surface area contributed by atoms with Crippen molar-refractivity contribution in [2.75, 3.05) is 5.32 Å². The van der Waals surface area contributed by atoms with Crippen molar-refractivity contribution < 1.29 is 9.34 Å². The van der Waals surface area contributed by atoms with Crippen LogP contribution in [0.25, 0.3) is 11.1 Å². The molecule has 21 heavy (non-hydrogen) atoms. The molecule has 0 spiro atoms. The summed E-state index contributed by atoms with van der Waals surface area (Å²) in [6.07, 6.45) is 1.03. The lowest BCUT2D eigenvalue weighted by Gasteiger charge is -1.97. The highest BCUT2D eigenvalue weighted by atomic mass is 32.1. The minimum absolute atomic E-state index is 0.00366. The summed E-state index contributed by atoms with van der Waals surface area (Å²) < 4.78 is 5.49. The number of aromatic nitrogens is 1. The van der Waals surface area contributed by atoms with Gasteiger partial charge in [-0.05, 0) is 24.6 Å². The summed E-state index contributed by atoms with van der Waals surface area (Å²) in [5.74, 6) is 0. The molecule has 6 nitrogen and oxygen atoms in total. The third-order valence-corrected chi connectivity index (χ3v) is 4.29. The van der Waals surface area contributed by atoms with Gasteiger partial charge in [0, 0.05) is 15.8 Å². The number of nitro groups is 1. The maximum absolute atomic E-state index is 10.7. The van der Waals surface area contributed by atoms with Crippen LogP contribution >= 0.6 is 11.3 Å². The Morgan fingerprint density at radius 2 is 2.14 bits per heavy atom. The number of hydrogen-bond acceptors (Lipinski definition) is 6. The fraction of sp³-hybridized carbons (Fsp3) is 0.214. The van der Waals surface area contributed by atoms with Crippen LogP contribution in [0.15, 0.2) is 34.7 Å². The lowest BCUT2D eigenvalue weighted by atomic mass is 10.3. The molecule has 7 heteroatoms. The quantitative estimate of drug-likeness (QED) is 0.569. The van der Waals surface area contributed by atoms with E-state index in [0.717, 1.165) is 6.42 Å². The van der Waals surface area contributed by atoms with E-state index in [9.17, 15) is 10.1 Å². The predicted molar refractivity (Wildman–Crippen MR) is 81.7 cm³/mol. The Balaban J connectivity index is 1.76. The molecule has 0 aliphatic rings. The van der Waals surface area contributed by atoms with E-state index in [1.165, 1.54) is 21.9 Å². The van der Waals surface area contributed by atoms with Crippen LogP contribution < -0.4 is 5.32 Å². The Morgan fingerprint density at radius 3 is 2.86 bits per heavy atom. The van der Waals surface area contributed by atoms with Crippen LogP contribution in [-0.4, -0.2) is 9.91 Å². The van der Waals surface area contributed by atoms with Crippen LogP contribution in [0.5, 0.6) is 0 Å². The van der Waals surface area contributed by atoms with E-state index in [1.54, 1.807) is 17.4 Å². The van der Waals surface area contributed by atoms with E-state index in [2.05, 4.69) is 29.4 Å². The zero-order valence-electron chi connectivity index (χ0n) is 11.3. The van der Waals surface area contributed by atoms with Crippen LogP contribution in [0.3, 0.4) is 0 Å². The number of fused-ring (bicyclic) bond motifs is 1. The topological polar surface area (TPSA) is 81.2 Å². The average Bonchev–Trinajstić information content (AvgIpc) is 3.10. The van der Waals surface area contributed by atoms with Gasteiger partial charge >= 0.3 is 0 Å².